The molecule has 0 fully saturated rings. The summed E-state index contributed by atoms with van der Waals surface area (Å²) in [5.41, 5.74) is 9.35. The molecule has 45 heavy (non-hydrogen) atoms. The molecule has 2 aromatic carbocycles. The van der Waals surface area contributed by atoms with Crippen molar-refractivity contribution in [3.63, 3.8) is 0 Å². The van der Waals surface area contributed by atoms with Crippen LogP contribution in [0.5, 0.6) is 0 Å². The lowest BCUT2D eigenvalue weighted by Crippen LogP contribution is -2.28. The first-order valence-electron chi connectivity index (χ1n) is 17.8. The third-order valence-corrected chi connectivity index (χ3v) is 9.14. The monoisotopic (exact) mass is 615 g/mol. The van der Waals surface area contributed by atoms with Gasteiger partial charge in [-0.1, -0.05) is 163 Å². The molecule has 0 aliphatic heterocycles. The van der Waals surface area contributed by atoms with E-state index in [4.69, 9.17) is 0 Å². The second kappa shape index (κ2) is 12.8. The Balaban J connectivity index is 2.83. The molecule has 0 nitrogen and oxygen atoms in total. The molecule has 0 saturated heterocycles. The third kappa shape index (κ3) is 12.5. The van der Waals surface area contributed by atoms with E-state index in [0.717, 1.165) is 32.1 Å². The maximum Gasteiger partial charge on any atom is -0.00130 e. The summed E-state index contributed by atoms with van der Waals surface area (Å²) in [6.07, 6.45) is 5.36. The van der Waals surface area contributed by atoms with Gasteiger partial charge in [-0.15, -0.1) is 0 Å². The van der Waals surface area contributed by atoms with Gasteiger partial charge in [0.15, 0.2) is 0 Å². The van der Waals surface area contributed by atoms with E-state index in [9.17, 15) is 0 Å². The fourth-order valence-corrected chi connectivity index (χ4v) is 8.86. The van der Waals surface area contributed by atoms with Crippen molar-refractivity contribution in [2.45, 2.75) is 192 Å². The first kappa shape index (κ1) is 39.6. The normalized spacial score (nSPS) is 14.7. The van der Waals surface area contributed by atoms with E-state index in [1.165, 1.54) is 33.4 Å². The lowest BCUT2D eigenvalue weighted by molar-refractivity contribution is 0.277. The Morgan fingerprint density at radius 2 is 0.600 bits per heavy atom. The Kier molecular flexibility index (Phi) is 11.3. The zero-order chi connectivity index (χ0) is 35.2. The molecule has 0 saturated carbocycles. The van der Waals surface area contributed by atoms with Gasteiger partial charge in [0.25, 0.3) is 0 Å². The molecule has 0 aromatic heterocycles. The Bertz CT molecular complexity index is 1090. The Hall–Kier alpha value is -1.56. The van der Waals surface area contributed by atoms with E-state index in [1.807, 2.05) is 0 Å². The summed E-state index contributed by atoms with van der Waals surface area (Å²) >= 11 is 0. The molecule has 254 valence electrons. The predicted octanol–water partition coefficient (Wildman–Crippen LogP) is 13.7. The van der Waals surface area contributed by atoms with Crippen LogP contribution in [0.4, 0.5) is 0 Å². The average Bonchev–Trinajstić information content (AvgIpc) is 2.72. The molecule has 2 radical (unpaired) electrons. The van der Waals surface area contributed by atoms with Gasteiger partial charge in [0.2, 0.25) is 0 Å². The molecule has 0 heteroatoms. The highest BCUT2D eigenvalue weighted by molar-refractivity contribution is 5.43. The minimum atomic E-state index is 0.0287. The average molecular weight is 615 g/mol. The highest BCUT2D eigenvalue weighted by Crippen LogP contribution is 2.43. The topological polar surface area (TPSA) is 0 Å². The fraction of sp³-hybridized carbons (Fsp3) is 0.733. The molecule has 0 aliphatic rings. The van der Waals surface area contributed by atoms with Crippen molar-refractivity contribution in [1.29, 1.82) is 0 Å². The molecule has 0 amide bonds. The van der Waals surface area contributed by atoms with Crippen molar-refractivity contribution in [3.05, 3.63) is 69.8 Å². The first-order chi connectivity index (χ1) is 19.7. The fourth-order valence-electron chi connectivity index (χ4n) is 8.86. The van der Waals surface area contributed by atoms with E-state index < -0.39 is 0 Å². The number of benzene rings is 2. The van der Waals surface area contributed by atoms with Gasteiger partial charge in [-0.3, -0.25) is 0 Å². The molecule has 0 bridgehead atoms. The predicted molar refractivity (Wildman–Crippen MR) is 202 cm³/mol. The molecule has 0 heterocycles. The van der Waals surface area contributed by atoms with E-state index in [2.05, 4.69) is 175 Å². The van der Waals surface area contributed by atoms with Crippen LogP contribution in [0.1, 0.15) is 198 Å². The lowest BCUT2D eigenvalue weighted by Gasteiger charge is -2.37. The summed E-state index contributed by atoms with van der Waals surface area (Å²) in [5, 5.41) is 0. The second-order valence-corrected chi connectivity index (χ2v) is 22.3. The largest absolute Gasteiger partial charge is 0.0601 e. The van der Waals surface area contributed by atoms with Crippen molar-refractivity contribution in [1.82, 2.24) is 0 Å². The SMILES string of the molecule is CC(C)(C)CC(C)(C)c1[c]c(Cc2[c]c(C(C)(C)CC(C)(C)C)cc(C(C)(C)CC(C)(C)C)c2)cc(C(C)(C)CC(C)(C)C)c1. The van der Waals surface area contributed by atoms with Gasteiger partial charge in [-0.2, -0.15) is 0 Å². The van der Waals surface area contributed by atoms with Crippen LogP contribution in [0.15, 0.2) is 24.3 Å². The quantitative estimate of drug-likeness (QED) is 0.250. The van der Waals surface area contributed by atoms with Crippen LogP contribution in [-0.4, -0.2) is 0 Å². The van der Waals surface area contributed by atoms with Crippen molar-refractivity contribution in [2.24, 2.45) is 21.7 Å². The van der Waals surface area contributed by atoms with Crippen LogP contribution in [0, 0.1) is 33.8 Å². The summed E-state index contributed by atoms with van der Waals surface area (Å²) in [6.45, 7) is 47.8. The zero-order valence-electron chi connectivity index (χ0n) is 33.8. The molecule has 0 atom stereocenters. The first-order valence-corrected chi connectivity index (χ1v) is 17.8. The van der Waals surface area contributed by atoms with Crippen LogP contribution in [-0.2, 0) is 28.1 Å². The molecule has 2 rings (SSSR count). The summed E-state index contributed by atoms with van der Waals surface area (Å²) in [7, 11) is 0. The van der Waals surface area contributed by atoms with Crippen LogP contribution < -0.4 is 0 Å². The highest BCUT2D eigenvalue weighted by atomic mass is 14.4. The highest BCUT2D eigenvalue weighted by Gasteiger charge is 2.34. The second-order valence-electron chi connectivity index (χ2n) is 22.3. The van der Waals surface area contributed by atoms with E-state index in [0.29, 0.717) is 0 Å². The Morgan fingerprint density at radius 3 is 0.844 bits per heavy atom. The van der Waals surface area contributed by atoms with Gasteiger partial charge >= 0.3 is 0 Å². The van der Waals surface area contributed by atoms with Gasteiger partial charge < -0.3 is 0 Å². The molecular formula is C45H74. The molecule has 0 aliphatic carbocycles. The van der Waals surface area contributed by atoms with E-state index >= 15 is 0 Å². The van der Waals surface area contributed by atoms with E-state index in [-0.39, 0.29) is 43.3 Å². The van der Waals surface area contributed by atoms with Crippen LogP contribution in [0.2, 0.25) is 0 Å². The van der Waals surface area contributed by atoms with Gasteiger partial charge in [0, 0.05) is 0 Å². The van der Waals surface area contributed by atoms with Crippen LogP contribution in [0.3, 0.4) is 0 Å². The molecular weight excluding hydrogens is 540 g/mol. The van der Waals surface area contributed by atoms with Crippen molar-refractivity contribution >= 4 is 0 Å². The maximum atomic E-state index is 4.00. The van der Waals surface area contributed by atoms with Crippen molar-refractivity contribution in [2.75, 3.05) is 0 Å². The summed E-state index contributed by atoms with van der Waals surface area (Å²) < 4.78 is 0. The van der Waals surface area contributed by atoms with Crippen molar-refractivity contribution in [3.8, 4) is 0 Å². The summed E-state index contributed by atoms with van der Waals surface area (Å²) in [5.74, 6) is 0. The van der Waals surface area contributed by atoms with Crippen LogP contribution >= 0.6 is 0 Å². The maximum absolute atomic E-state index is 4.00. The standard InChI is InChI=1S/C45H74/c1-38(2,3)28-42(13,14)34-22-32(23-35(26-34)43(15,16)29-39(4,5)6)21-33-24-36(44(17,18)30-40(7,8)9)27-37(25-33)45(19,20)31-41(10,11)12/h22,24,26-27H,21,28-31H2,1-20H3. The minimum Gasteiger partial charge on any atom is -0.0601 e. The minimum absolute atomic E-state index is 0.0287. The third-order valence-electron chi connectivity index (χ3n) is 9.14. The Labute approximate surface area is 283 Å². The molecule has 0 spiro atoms. The Morgan fingerprint density at radius 1 is 0.356 bits per heavy atom. The molecule has 0 unspecified atom stereocenters. The number of rotatable bonds is 10. The summed E-state index contributed by atoms with van der Waals surface area (Å²) in [4.78, 5) is 0. The smallest absolute Gasteiger partial charge is 0.00130 e. The molecule has 2 aromatic rings. The zero-order valence-corrected chi connectivity index (χ0v) is 33.8. The lowest BCUT2D eigenvalue weighted by atomic mass is 9.67. The van der Waals surface area contributed by atoms with Gasteiger partial charge in [-0.25, -0.2) is 0 Å². The number of hydrogen-bond donors (Lipinski definition) is 0. The molecule has 0 N–H and O–H groups in total. The van der Waals surface area contributed by atoms with E-state index in [1.54, 1.807) is 0 Å². The van der Waals surface area contributed by atoms with Gasteiger partial charge in [0.05, 0.1) is 0 Å². The van der Waals surface area contributed by atoms with Crippen LogP contribution in [0.25, 0.3) is 0 Å². The number of hydrogen-bond acceptors (Lipinski definition) is 0. The summed E-state index contributed by atoms with van der Waals surface area (Å²) in [6, 6.07) is 17.9. The van der Waals surface area contributed by atoms with Gasteiger partial charge in [0.1, 0.15) is 0 Å². The van der Waals surface area contributed by atoms with Gasteiger partial charge in [-0.05, 0) is 121 Å². The van der Waals surface area contributed by atoms with Crippen molar-refractivity contribution < 1.29 is 0 Å².